The molecule has 3 heterocycles. The predicted molar refractivity (Wildman–Crippen MR) is 85.7 cm³/mol. The van der Waals surface area contributed by atoms with Gasteiger partial charge in [-0.2, -0.15) is 13.2 Å². The lowest BCUT2D eigenvalue weighted by atomic mass is 10.0. The fraction of sp³-hybridized carbons (Fsp3) is 0.467. The first kappa shape index (κ1) is 20.4. The molecule has 2 aromatic rings. The number of aromatic carboxylic acids is 1. The first-order chi connectivity index (χ1) is 12.7. The summed E-state index contributed by atoms with van der Waals surface area (Å²) in [5.41, 5.74) is 0.582. The minimum absolute atomic E-state index is 0.0599. The third-order valence-electron chi connectivity index (χ3n) is 3.65. The molecule has 2 aromatic heterocycles. The third-order valence-corrected chi connectivity index (χ3v) is 3.65. The molecule has 1 fully saturated rings. The number of nitrogens with zero attached hydrogens (tertiary/aromatic N) is 3. The van der Waals surface area contributed by atoms with Crippen molar-refractivity contribution in [3.63, 3.8) is 0 Å². The first-order valence-electron chi connectivity index (χ1n) is 7.88. The molecule has 0 aromatic carbocycles. The Labute approximate surface area is 150 Å². The van der Waals surface area contributed by atoms with E-state index in [1.54, 1.807) is 12.1 Å². The van der Waals surface area contributed by atoms with Gasteiger partial charge in [-0.1, -0.05) is 0 Å². The van der Waals surface area contributed by atoms with Gasteiger partial charge in [0.15, 0.2) is 11.3 Å². The van der Waals surface area contributed by atoms with Crippen LogP contribution in [0.3, 0.4) is 0 Å². The molecule has 27 heavy (non-hydrogen) atoms. The van der Waals surface area contributed by atoms with Crippen LogP contribution in [0.5, 0.6) is 0 Å². The molecule has 9 nitrogen and oxygen atoms in total. The zero-order valence-corrected chi connectivity index (χ0v) is 13.9. The zero-order chi connectivity index (χ0) is 20.0. The second-order valence-corrected chi connectivity index (χ2v) is 5.70. The summed E-state index contributed by atoms with van der Waals surface area (Å²) >= 11 is 0. The van der Waals surface area contributed by atoms with Crippen LogP contribution >= 0.6 is 0 Å². The summed E-state index contributed by atoms with van der Waals surface area (Å²) in [4.78, 5) is 24.0. The number of anilines is 1. The molecule has 0 radical (unpaired) electrons. The SMILES string of the molecule is O=C(O)C(F)(F)F.O=C(O)c1cnc2ccc(NCC3CCCOC3)nn12. The van der Waals surface area contributed by atoms with Gasteiger partial charge in [0, 0.05) is 13.2 Å². The number of hydrogen-bond acceptors (Lipinski definition) is 6. The molecule has 3 N–H and O–H groups in total. The van der Waals surface area contributed by atoms with Crippen LogP contribution < -0.4 is 5.32 Å². The molecule has 0 spiro atoms. The number of rotatable bonds is 4. The van der Waals surface area contributed by atoms with Crippen LogP contribution in [0, 0.1) is 5.92 Å². The second kappa shape index (κ2) is 8.66. The van der Waals surface area contributed by atoms with Gasteiger partial charge in [-0.3, -0.25) is 0 Å². The lowest BCUT2D eigenvalue weighted by Crippen LogP contribution is -2.24. The third kappa shape index (κ3) is 5.81. The Kier molecular flexibility index (Phi) is 6.55. The molecule has 3 rings (SSSR count). The Bertz CT molecular complexity index is 802. The van der Waals surface area contributed by atoms with Crippen molar-refractivity contribution in [1.29, 1.82) is 0 Å². The van der Waals surface area contributed by atoms with E-state index in [9.17, 15) is 18.0 Å². The number of hydrogen-bond donors (Lipinski definition) is 3. The lowest BCUT2D eigenvalue weighted by molar-refractivity contribution is -0.192. The van der Waals surface area contributed by atoms with E-state index >= 15 is 0 Å². The maximum absolute atomic E-state index is 11.1. The zero-order valence-electron chi connectivity index (χ0n) is 13.9. The molecule has 1 atom stereocenters. The van der Waals surface area contributed by atoms with E-state index in [-0.39, 0.29) is 5.69 Å². The van der Waals surface area contributed by atoms with E-state index in [1.807, 2.05) is 0 Å². The fourth-order valence-electron chi connectivity index (χ4n) is 2.33. The lowest BCUT2D eigenvalue weighted by Gasteiger charge is -2.22. The fourth-order valence-corrected chi connectivity index (χ4v) is 2.33. The molecule has 0 amide bonds. The van der Waals surface area contributed by atoms with Crippen LogP contribution in [0.15, 0.2) is 18.3 Å². The maximum Gasteiger partial charge on any atom is 0.490 e. The molecule has 0 saturated carbocycles. The highest BCUT2D eigenvalue weighted by molar-refractivity contribution is 5.86. The van der Waals surface area contributed by atoms with E-state index in [0.29, 0.717) is 17.4 Å². The van der Waals surface area contributed by atoms with Gasteiger partial charge in [-0.15, -0.1) is 5.10 Å². The summed E-state index contributed by atoms with van der Waals surface area (Å²) in [6.07, 6.45) is -1.55. The highest BCUT2D eigenvalue weighted by Crippen LogP contribution is 2.15. The monoisotopic (exact) mass is 390 g/mol. The minimum atomic E-state index is -5.08. The van der Waals surface area contributed by atoms with Gasteiger partial charge in [-0.25, -0.2) is 19.1 Å². The van der Waals surface area contributed by atoms with E-state index in [1.165, 1.54) is 10.7 Å². The van der Waals surface area contributed by atoms with Gasteiger partial charge >= 0.3 is 18.1 Å². The number of ether oxygens (including phenoxy) is 1. The van der Waals surface area contributed by atoms with Crippen LogP contribution in [0.2, 0.25) is 0 Å². The van der Waals surface area contributed by atoms with Crippen molar-refractivity contribution in [2.45, 2.75) is 19.0 Å². The van der Waals surface area contributed by atoms with Crippen molar-refractivity contribution in [2.75, 3.05) is 25.1 Å². The molecule has 1 aliphatic rings. The average Bonchev–Trinajstić information content (AvgIpc) is 3.04. The van der Waals surface area contributed by atoms with Crippen molar-refractivity contribution in [3.05, 3.63) is 24.0 Å². The van der Waals surface area contributed by atoms with E-state index in [0.717, 1.165) is 32.6 Å². The van der Waals surface area contributed by atoms with Crippen LogP contribution in [-0.2, 0) is 9.53 Å². The van der Waals surface area contributed by atoms with Gasteiger partial charge < -0.3 is 20.3 Å². The van der Waals surface area contributed by atoms with Gasteiger partial charge in [0.25, 0.3) is 0 Å². The summed E-state index contributed by atoms with van der Waals surface area (Å²) in [5.74, 6) is -2.68. The summed E-state index contributed by atoms with van der Waals surface area (Å²) in [6.45, 7) is 2.38. The van der Waals surface area contributed by atoms with Gasteiger partial charge in [0.1, 0.15) is 5.82 Å². The summed E-state index contributed by atoms with van der Waals surface area (Å²) < 4.78 is 38.5. The van der Waals surface area contributed by atoms with Crippen LogP contribution in [0.25, 0.3) is 5.65 Å². The molecule has 0 bridgehead atoms. The van der Waals surface area contributed by atoms with Crippen LogP contribution in [0.1, 0.15) is 23.3 Å². The Morgan fingerprint density at radius 1 is 1.33 bits per heavy atom. The van der Waals surface area contributed by atoms with E-state index in [2.05, 4.69) is 15.4 Å². The average molecular weight is 390 g/mol. The summed E-state index contributed by atoms with van der Waals surface area (Å²) in [6, 6.07) is 3.55. The Balaban J connectivity index is 0.000000321. The highest BCUT2D eigenvalue weighted by Gasteiger charge is 2.38. The number of alkyl halides is 3. The Morgan fingerprint density at radius 2 is 2.04 bits per heavy atom. The van der Waals surface area contributed by atoms with Crippen molar-refractivity contribution in [2.24, 2.45) is 5.92 Å². The van der Waals surface area contributed by atoms with Crippen molar-refractivity contribution in [3.8, 4) is 0 Å². The van der Waals surface area contributed by atoms with Crippen molar-refractivity contribution < 1.29 is 37.7 Å². The molecular weight excluding hydrogens is 373 g/mol. The molecule has 0 aliphatic carbocycles. The number of carboxylic acids is 2. The maximum atomic E-state index is 11.1. The summed E-state index contributed by atoms with van der Waals surface area (Å²) in [7, 11) is 0. The Hall–Kier alpha value is -2.89. The molecule has 12 heteroatoms. The number of halogens is 3. The van der Waals surface area contributed by atoms with Crippen molar-refractivity contribution >= 4 is 23.4 Å². The van der Waals surface area contributed by atoms with Crippen molar-refractivity contribution in [1.82, 2.24) is 14.6 Å². The number of carboxylic acid groups (broad SMARTS) is 2. The summed E-state index contributed by atoms with van der Waals surface area (Å²) in [5, 5.41) is 23.7. The van der Waals surface area contributed by atoms with Crippen LogP contribution in [0.4, 0.5) is 19.0 Å². The smallest absolute Gasteiger partial charge is 0.476 e. The van der Waals surface area contributed by atoms with E-state index < -0.39 is 18.1 Å². The largest absolute Gasteiger partial charge is 0.490 e. The number of nitrogens with one attached hydrogen (secondary N) is 1. The van der Waals surface area contributed by atoms with Gasteiger partial charge in [0.05, 0.1) is 12.8 Å². The number of carbonyl (C=O) groups is 2. The highest BCUT2D eigenvalue weighted by atomic mass is 19.4. The standard InChI is InChI=1S/C13H16N4O3.C2HF3O2/c18-13(19)10-7-15-12-4-3-11(16-17(10)12)14-6-9-2-1-5-20-8-9;3-2(4,5)1(6)7/h3-4,7,9H,1-2,5-6,8H2,(H,14,16)(H,18,19);(H,6,7). The van der Waals surface area contributed by atoms with E-state index in [4.69, 9.17) is 19.7 Å². The molecule has 1 aliphatic heterocycles. The number of imidazole rings is 1. The molecule has 1 saturated heterocycles. The van der Waals surface area contributed by atoms with Gasteiger partial charge in [-0.05, 0) is 30.9 Å². The topological polar surface area (TPSA) is 126 Å². The predicted octanol–water partition coefficient (Wildman–Crippen LogP) is 1.90. The number of fused-ring (bicyclic) bond motifs is 1. The number of aromatic nitrogens is 3. The quantitative estimate of drug-likeness (QED) is 0.723. The normalized spacial score (nSPS) is 17.1. The molecule has 1 unspecified atom stereocenters. The number of aliphatic carboxylic acids is 1. The Morgan fingerprint density at radius 3 is 2.59 bits per heavy atom. The molecular formula is C15H17F3N4O5. The van der Waals surface area contributed by atoms with Gasteiger partial charge in [0.2, 0.25) is 0 Å². The molecule has 148 valence electrons. The second-order valence-electron chi connectivity index (χ2n) is 5.70. The minimum Gasteiger partial charge on any atom is -0.476 e. The van der Waals surface area contributed by atoms with Crippen LogP contribution in [-0.4, -0.2) is 62.7 Å². The first-order valence-corrected chi connectivity index (χ1v) is 7.88.